The van der Waals surface area contributed by atoms with E-state index in [0.29, 0.717) is 0 Å². The summed E-state index contributed by atoms with van der Waals surface area (Å²) >= 11 is 7.91. The Morgan fingerprint density at radius 3 is 2.75 bits per heavy atom. The van der Waals surface area contributed by atoms with E-state index in [-0.39, 0.29) is 0 Å². The summed E-state index contributed by atoms with van der Waals surface area (Å²) in [5.41, 5.74) is 8.82. The molecule has 1 aromatic heterocycles. The van der Waals surface area contributed by atoms with Crippen LogP contribution in [0.2, 0.25) is 5.02 Å². The predicted octanol–water partition coefficient (Wildman–Crippen LogP) is 4.76. The molecule has 4 heteroatoms. The van der Waals surface area contributed by atoms with Crippen LogP contribution < -0.4 is 5.73 Å². The van der Waals surface area contributed by atoms with Gasteiger partial charge in [0.25, 0.3) is 0 Å². The van der Waals surface area contributed by atoms with Crippen LogP contribution in [0.15, 0.2) is 59.6 Å². The van der Waals surface area contributed by atoms with E-state index < -0.39 is 0 Å². The summed E-state index contributed by atoms with van der Waals surface area (Å²) in [7, 11) is 0. The SMILES string of the molecule is Nc1ccc(SCc2ccccc2Cl)c2ncccc12. The van der Waals surface area contributed by atoms with Crippen LogP contribution in [-0.4, -0.2) is 4.98 Å². The minimum Gasteiger partial charge on any atom is -0.398 e. The Bertz CT molecular complexity index is 758. The lowest BCUT2D eigenvalue weighted by atomic mass is 10.2. The van der Waals surface area contributed by atoms with Gasteiger partial charge in [-0.1, -0.05) is 29.8 Å². The normalized spacial score (nSPS) is 10.8. The molecule has 2 nitrogen and oxygen atoms in total. The minimum atomic E-state index is 0.759. The van der Waals surface area contributed by atoms with Crippen molar-refractivity contribution in [3.05, 3.63) is 65.3 Å². The van der Waals surface area contributed by atoms with Crippen molar-refractivity contribution in [3.63, 3.8) is 0 Å². The van der Waals surface area contributed by atoms with Gasteiger partial charge >= 0.3 is 0 Å². The van der Waals surface area contributed by atoms with Crippen LogP contribution in [0.4, 0.5) is 5.69 Å². The maximum Gasteiger partial charge on any atom is 0.0858 e. The molecule has 20 heavy (non-hydrogen) atoms. The van der Waals surface area contributed by atoms with Crippen LogP contribution in [0.25, 0.3) is 10.9 Å². The van der Waals surface area contributed by atoms with Crippen molar-refractivity contribution in [3.8, 4) is 0 Å². The third kappa shape index (κ3) is 2.60. The van der Waals surface area contributed by atoms with Crippen LogP contribution in [-0.2, 0) is 5.75 Å². The molecule has 0 saturated carbocycles. The molecule has 0 bridgehead atoms. The molecule has 0 aliphatic heterocycles. The fourth-order valence-corrected chi connectivity index (χ4v) is 3.36. The number of pyridine rings is 1. The second-order valence-electron chi connectivity index (χ2n) is 4.43. The first-order valence-electron chi connectivity index (χ1n) is 6.25. The summed E-state index contributed by atoms with van der Waals surface area (Å²) in [5, 5.41) is 1.80. The van der Waals surface area contributed by atoms with Gasteiger partial charge in [0.1, 0.15) is 0 Å². The van der Waals surface area contributed by atoms with Crippen molar-refractivity contribution in [1.29, 1.82) is 0 Å². The first kappa shape index (κ1) is 13.3. The standard InChI is InChI=1S/C16H13ClN2S/c17-13-6-2-1-4-11(13)10-20-15-8-7-14(18)12-5-3-9-19-16(12)15/h1-9H,10,18H2. The third-order valence-electron chi connectivity index (χ3n) is 3.11. The van der Waals surface area contributed by atoms with Crippen molar-refractivity contribution in [2.45, 2.75) is 10.6 Å². The number of thioether (sulfide) groups is 1. The number of anilines is 1. The summed E-state index contributed by atoms with van der Waals surface area (Å²) in [6.45, 7) is 0. The summed E-state index contributed by atoms with van der Waals surface area (Å²) in [5.74, 6) is 0.815. The Morgan fingerprint density at radius 2 is 1.90 bits per heavy atom. The number of nitrogen functional groups attached to an aromatic ring is 1. The molecule has 0 radical (unpaired) electrons. The molecule has 0 unspecified atom stereocenters. The Balaban J connectivity index is 1.92. The number of fused-ring (bicyclic) bond motifs is 1. The van der Waals surface area contributed by atoms with E-state index in [1.54, 1.807) is 18.0 Å². The molecule has 3 rings (SSSR count). The molecule has 0 aliphatic rings. The second kappa shape index (κ2) is 5.73. The zero-order chi connectivity index (χ0) is 13.9. The Kier molecular flexibility index (Phi) is 3.81. The van der Waals surface area contributed by atoms with Crippen LogP contribution in [0.3, 0.4) is 0 Å². The number of halogens is 1. The highest BCUT2D eigenvalue weighted by atomic mass is 35.5. The van der Waals surface area contributed by atoms with Crippen LogP contribution in [0.1, 0.15) is 5.56 Å². The fourth-order valence-electron chi connectivity index (χ4n) is 2.06. The quantitative estimate of drug-likeness (QED) is 0.560. The highest BCUT2D eigenvalue weighted by Crippen LogP contribution is 2.33. The van der Waals surface area contributed by atoms with Gasteiger partial charge in [-0.05, 0) is 35.9 Å². The zero-order valence-electron chi connectivity index (χ0n) is 10.7. The van der Waals surface area contributed by atoms with Gasteiger partial charge in [0, 0.05) is 32.9 Å². The average molecular weight is 301 g/mol. The van der Waals surface area contributed by atoms with E-state index in [0.717, 1.165) is 37.8 Å². The first-order chi connectivity index (χ1) is 9.75. The van der Waals surface area contributed by atoms with E-state index in [1.807, 2.05) is 48.5 Å². The average Bonchev–Trinajstić information content (AvgIpc) is 2.48. The monoisotopic (exact) mass is 300 g/mol. The molecule has 0 atom stereocenters. The predicted molar refractivity (Wildman–Crippen MR) is 87.2 cm³/mol. The van der Waals surface area contributed by atoms with Crippen molar-refractivity contribution < 1.29 is 0 Å². The van der Waals surface area contributed by atoms with Crippen molar-refractivity contribution in [2.75, 3.05) is 5.73 Å². The first-order valence-corrected chi connectivity index (χ1v) is 7.61. The van der Waals surface area contributed by atoms with Crippen molar-refractivity contribution >= 4 is 40.0 Å². The molecule has 100 valence electrons. The number of benzene rings is 2. The van der Waals surface area contributed by atoms with Gasteiger partial charge in [0.05, 0.1) is 5.52 Å². The molecule has 3 aromatic rings. The molecule has 2 aromatic carbocycles. The van der Waals surface area contributed by atoms with Gasteiger partial charge < -0.3 is 5.73 Å². The van der Waals surface area contributed by atoms with E-state index in [9.17, 15) is 0 Å². The maximum absolute atomic E-state index is 6.18. The molecule has 2 N–H and O–H groups in total. The lowest BCUT2D eigenvalue weighted by molar-refractivity contribution is 1.34. The molecule has 0 spiro atoms. The highest BCUT2D eigenvalue weighted by molar-refractivity contribution is 7.98. The Morgan fingerprint density at radius 1 is 1.05 bits per heavy atom. The zero-order valence-corrected chi connectivity index (χ0v) is 12.3. The molecular weight excluding hydrogens is 288 g/mol. The summed E-state index contributed by atoms with van der Waals surface area (Å²) < 4.78 is 0. The van der Waals surface area contributed by atoms with E-state index in [2.05, 4.69) is 4.98 Å². The van der Waals surface area contributed by atoms with Gasteiger partial charge in [-0.15, -0.1) is 11.8 Å². The number of rotatable bonds is 3. The van der Waals surface area contributed by atoms with Crippen LogP contribution in [0.5, 0.6) is 0 Å². The lowest BCUT2D eigenvalue weighted by Gasteiger charge is -2.08. The molecular formula is C16H13ClN2S. The largest absolute Gasteiger partial charge is 0.398 e. The van der Waals surface area contributed by atoms with Crippen molar-refractivity contribution in [2.24, 2.45) is 0 Å². The number of aromatic nitrogens is 1. The topological polar surface area (TPSA) is 38.9 Å². The van der Waals surface area contributed by atoms with E-state index >= 15 is 0 Å². The highest BCUT2D eigenvalue weighted by Gasteiger charge is 2.07. The van der Waals surface area contributed by atoms with Crippen LogP contribution >= 0.6 is 23.4 Å². The van der Waals surface area contributed by atoms with Crippen molar-refractivity contribution in [1.82, 2.24) is 4.98 Å². The van der Waals surface area contributed by atoms with Gasteiger partial charge in [-0.25, -0.2) is 0 Å². The summed E-state index contributed by atoms with van der Waals surface area (Å²) in [6, 6.07) is 15.8. The molecule has 0 saturated heterocycles. The Labute approximate surface area is 127 Å². The van der Waals surface area contributed by atoms with Gasteiger partial charge in [0.2, 0.25) is 0 Å². The molecule has 1 heterocycles. The molecule has 0 fully saturated rings. The third-order valence-corrected chi connectivity index (χ3v) is 4.57. The number of hydrogen-bond acceptors (Lipinski definition) is 3. The van der Waals surface area contributed by atoms with Gasteiger partial charge in [-0.2, -0.15) is 0 Å². The number of nitrogens with two attached hydrogens (primary N) is 1. The molecule has 0 aliphatic carbocycles. The van der Waals surface area contributed by atoms with Crippen LogP contribution in [0, 0.1) is 0 Å². The smallest absolute Gasteiger partial charge is 0.0858 e. The van der Waals surface area contributed by atoms with Gasteiger partial charge in [-0.3, -0.25) is 4.98 Å². The van der Waals surface area contributed by atoms with E-state index in [4.69, 9.17) is 17.3 Å². The maximum atomic E-state index is 6.18. The number of hydrogen-bond donors (Lipinski definition) is 1. The fraction of sp³-hybridized carbons (Fsp3) is 0.0625. The minimum absolute atomic E-state index is 0.759. The number of nitrogens with zero attached hydrogens (tertiary/aromatic N) is 1. The second-order valence-corrected chi connectivity index (χ2v) is 5.86. The van der Waals surface area contributed by atoms with Gasteiger partial charge in [0.15, 0.2) is 0 Å². The summed E-state index contributed by atoms with van der Waals surface area (Å²) in [4.78, 5) is 5.56. The Hall–Kier alpha value is -1.71. The summed E-state index contributed by atoms with van der Waals surface area (Å²) in [6.07, 6.45) is 1.79. The van der Waals surface area contributed by atoms with E-state index in [1.165, 1.54) is 0 Å². The lowest BCUT2D eigenvalue weighted by Crippen LogP contribution is -1.90. The molecule has 0 amide bonds.